The Morgan fingerprint density at radius 2 is 2.00 bits per heavy atom. The fourth-order valence-corrected chi connectivity index (χ4v) is 3.99. The van der Waals surface area contributed by atoms with Gasteiger partial charge in [0.2, 0.25) is 0 Å². The Morgan fingerprint density at radius 3 is 2.67 bits per heavy atom. The highest BCUT2D eigenvalue weighted by atomic mass is 16.4. The zero-order chi connectivity index (χ0) is 12.8. The molecule has 2 aliphatic carbocycles. The lowest BCUT2D eigenvalue weighted by atomic mass is 9.62. The van der Waals surface area contributed by atoms with Gasteiger partial charge >= 0.3 is 5.97 Å². The number of aromatic hydroxyl groups is 1. The third-order valence-electron chi connectivity index (χ3n) is 4.79. The first-order valence-electron chi connectivity index (χ1n) is 6.69. The van der Waals surface area contributed by atoms with Crippen LogP contribution in [0.25, 0.3) is 0 Å². The van der Waals surface area contributed by atoms with Crippen molar-refractivity contribution in [1.29, 1.82) is 0 Å². The second-order valence-corrected chi connectivity index (χ2v) is 5.63. The molecule has 1 aromatic rings. The van der Waals surface area contributed by atoms with Crippen molar-refractivity contribution in [3.05, 3.63) is 29.3 Å². The number of benzene rings is 1. The number of hydrogen-bond acceptors (Lipinski definition) is 2. The van der Waals surface area contributed by atoms with Crippen LogP contribution in [0, 0.1) is 5.92 Å². The Hall–Kier alpha value is -1.51. The van der Waals surface area contributed by atoms with E-state index in [2.05, 4.69) is 0 Å². The smallest absolute Gasteiger partial charge is 0.307 e. The van der Waals surface area contributed by atoms with E-state index in [9.17, 15) is 15.0 Å². The van der Waals surface area contributed by atoms with Crippen molar-refractivity contribution in [3.63, 3.8) is 0 Å². The lowest BCUT2D eigenvalue weighted by Crippen LogP contribution is -2.41. The van der Waals surface area contributed by atoms with Crippen LogP contribution in [0.1, 0.15) is 43.2 Å². The number of carboxylic acids is 1. The van der Waals surface area contributed by atoms with Crippen LogP contribution in [-0.2, 0) is 16.6 Å². The zero-order valence-electron chi connectivity index (χ0n) is 10.4. The van der Waals surface area contributed by atoms with Gasteiger partial charge < -0.3 is 10.2 Å². The maximum Gasteiger partial charge on any atom is 0.307 e. The van der Waals surface area contributed by atoms with E-state index in [0.717, 1.165) is 44.1 Å². The Morgan fingerprint density at radius 1 is 1.28 bits per heavy atom. The second-order valence-electron chi connectivity index (χ2n) is 5.63. The molecule has 0 aromatic heterocycles. The average molecular weight is 246 g/mol. The number of phenolic OH excluding ortho intramolecular Hbond substituents is 1. The molecule has 0 saturated heterocycles. The van der Waals surface area contributed by atoms with Gasteiger partial charge in [-0.25, -0.2) is 0 Å². The van der Waals surface area contributed by atoms with Crippen LogP contribution in [0.3, 0.4) is 0 Å². The van der Waals surface area contributed by atoms with Crippen molar-refractivity contribution in [1.82, 2.24) is 0 Å². The first-order valence-corrected chi connectivity index (χ1v) is 6.69. The van der Waals surface area contributed by atoms with Crippen molar-refractivity contribution >= 4 is 5.97 Å². The average Bonchev–Trinajstić information content (AvgIpc) is 2.80. The molecule has 1 fully saturated rings. The number of rotatable bonds is 1. The molecule has 2 aliphatic rings. The summed E-state index contributed by atoms with van der Waals surface area (Å²) in [6.45, 7) is 0. The number of phenols is 1. The summed E-state index contributed by atoms with van der Waals surface area (Å²) in [7, 11) is 0. The lowest BCUT2D eigenvalue weighted by Gasteiger charge is -2.41. The topological polar surface area (TPSA) is 57.5 Å². The van der Waals surface area contributed by atoms with Crippen LogP contribution in [-0.4, -0.2) is 16.2 Å². The normalized spacial score (nSPS) is 25.0. The molecule has 0 bridgehead atoms. The van der Waals surface area contributed by atoms with Gasteiger partial charge in [-0.2, -0.15) is 0 Å². The van der Waals surface area contributed by atoms with Gasteiger partial charge in [0.25, 0.3) is 0 Å². The van der Waals surface area contributed by atoms with E-state index < -0.39 is 5.97 Å². The molecule has 3 heteroatoms. The van der Waals surface area contributed by atoms with E-state index in [4.69, 9.17) is 0 Å². The molecule has 0 amide bonds. The molecule has 1 atom stereocenters. The zero-order valence-corrected chi connectivity index (χ0v) is 10.4. The van der Waals surface area contributed by atoms with E-state index in [0.29, 0.717) is 0 Å². The number of fused-ring (bicyclic) bond motifs is 2. The Kier molecular flexibility index (Phi) is 2.58. The number of aliphatic carboxylic acids is 1. The Bertz CT molecular complexity index is 487. The molecule has 1 unspecified atom stereocenters. The molecular formula is C15H18O3. The fraction of sp³-hybridized carbons (Fsp3) is 0.533. The van der Waals surface area contributed by atoms with E-state index >= 15 is 0 Å². The number of hydrogen-bond donors (Lipinski definition) is 2. The molecule has 18 heavy (non-hydrogen) atoms. The number of aryl methyl sites for hydroxylation is 1. The van der Waals surface area contributed by atoms with Gasteiger partial charge in [-0.3, -0.25) is 4.79 Å². The molecule has 1 saturated carbocycles. The minimum Gasteiger partial charge on any atom is -0.508 e. The summed E-state index contributed by atoms with van der Waals surface area (Å²) in [5.74, 6) is -0.703. The van der Waals surface area contributed by atoms with Gasteiger partial charge in [0.15, 0.2) is 0 Å². The summed E-state index contributed by atoms with van der Waals surface area (Å²) in [6.07, 6.45) is 5.63. The predicted molar refractivity (Wildman–Crippen MR) is 67.7 cm³/mol. The quantitative estimate of drug-likeness (QED) is 0.801. The highest BCUT2D eigenvalue weighted by Crippen LogP contribution is 2.52. The summed E-state index contributed by atoms with van der Waals surface area (Å²) in [5, 5.41) is 19.2. The van der Waals surface area contributed by atoms with Crippen LogP contribution >= 0.6 is 0 Å². The van der Waals surface area contributed by atoms with E-state index in [1.165, 1.54) is 5.56 Å². The van der Waals surface area contributed by atoms with Crippen molar-refractivity contribution in [2.75, 3.05) is 0 Å². The van der Waals surface area contributed by atoms with Crippen molar-refractivity contribution in [2.24, 2.45) is 5.92 Å². The van der Waals surface area contributed by atoms with Crippen molar-refractivity contribution < 1.29 is 15.0 Å². The first-order chi connectivity index (χ1) is 8.63. The van der Waals surface area contributed by atoms with E-state index in [1.54, 1.807) is 12.1 Å². The molecule has 1 aromatic carbocycles. The van der Waals surface area contributed by atoms with Gasteiger partial charge in [0, 0.05) is 5.41 Å². The highest BCUT2D eigenvalue weighted by Gasteiger charge is 2.49. The molecule has 96 valence electrons. The highest BCUT2D eigenvalue weighted by molar-refractivity contribution is 5.73. The van der Waals surface area contributed by atoms with Crippen molar-refractivity contribution in [2.45, 2.75) is 43.9 Å². The third-order valence-corrected chi connectivity index (χ3v) is 4.79. The van der Waals surface area contributed by atoms with Gasteiger partial charge in [0.1, 0.15) is 5.75 Å². The van der Waals surface area contributed by atoms with Gasteiger partial charge in [-0.05, 0) is 48.9 Å². The second kappa shape index (κ2) is 4.01. The largest absolute Gasteiger partial charge is 0.508 e. The standard InChI is InChI=1S/C15H18O3/c16-11-5-3-10-4-6-12(14(17)18)15(13(10)9-11)7-1-2-8-15/h3,5,9,12,16H,1-2,4,6-8H2,(H,17,18). The van der Waals surface area contributed by atoms with Crippen LogP contribution in [0.2, 0.25) is 0 Å². The summed E-state index contributed by atoms with van der Waals surface area (Å²) >= 11 is 0. The summed E-state index contributed by atoms with van der Waals surface area (Å²) in [6, 6.07) is 5.47. The molecule has 1 spiro atoms. The first kappa shape index (κ1) is 11.6. The maximum atomic E-state index is 11.5. The van der Waals surface area contributed by atoms with Gasteiger partial charge in [0.05, 0.1) is 5.92 Å². The van der Waals surface area contributed by atoms with Crippen LogP contribution in [0.4, 0.5) is 0 Å². The van der Waals surface area contributed by atoms with Gasteiger partial charge in [-0.15, -0.1) is 0 Å². The molecule has 0 radical (unpaired) electrons. The van der Waals surface area contributed by atoms with Gasteiger partial charge in [-0.1, -0.05) is 18.9 Å². The lowest BCUT2D eigenvalue weighted by molar-refractivity contribution is -0.145. The minimum absolute atomic E-state index is 0.224. The summed E-state index contributed by atoms with van der Waals surface area (Å²) < 4.78 is 0. The van der Waals surface area contributed by atoms with Crippen molar-refractivity contribution in [3.8, 4) is 5.75 Å². The van der Waals surface area contributed by atoms with E-state index in [1.807, 2.05) is 6.07 Å². The Balaban J connectivity index is 2.15. The van der Waals surface area contributed by atoms with Crippen LogP contribution < -0.4 is 0 Å². The molecular weight excluding hydrogens is 228 g/mol. The predicted octanol–water partition coefficient (Wildman–Crippen LogP) is 2.85. The van der Waals surface area contributed by atoms with Crippen LogP contribution in [0.5, 0.6) is 5.75 Å². The Labute approximate surface area is 106 Å². The molecule has 2 N–H and O–H groups in total. The molecule has 0 aliphatic heterocycles. The summed E-state index contributed by atoms with van der Waals surface area (Å²) in [4.78, 5) is 11.5. The van der Waals surface area contributed by atoms with E-state index in [-0.39, 0.29) is 17.1 Å². The third kappa shape index (κ3) is 1.53. The molecule has 0 heterocycles. The monoisotopic (exact) mass is 246 g/mol. The maximum absolute atomic E-state index is 11.5. The number of carbonyl (C=O) groups is 1. The molecule has 3 nitrogen and oxygen atoms in total. The summed E-state index contributed by atoms with van der Waals surface area (Å²) in [5.41, 5.74) is 2.10. The van der Waals surface area contributed by atoms with Crippen LogP contribution in [0.15, 0.2) is 18.2 Å². The SMILES string of the molecule is O=C(O)C1CCc2ccc(O)cc2C12CCCC2. The minimum atomic E-state index is -0.675. The fourth-order valence-electron chi connectivity index (χ4n) is 3.99. The number of carboxylic acid groups (broad SMARTS) is 1. The molecule has 3 rings (SSSR count).